The van der Waals surface area contributed by atoms with Crippen molar-refractivity contribution in [3.8, 4) is 0 Å². The van der Waals surface area contributed by atoms with Crippen molar-refractivity contribution < 1.29 is 4.79 Å². The van der Waals surface area contributed by atoms with Crippen LogP contribution in [-0.4, -0.2) is 18.0 Å². The number of carbonyl (C=O) groups is 1. The molecule has 2 atom stereocenters. The molecule has 0 aromatic rings. The van der Waals surface area contributed by atoms with Gasteiger partial charge in [-0.15, -0.1) is 6.58 Å². The maximum absolute atomic E-state index is 11.5. The van der Waals surface area contributed by atoms with E-state index in [-0.39, 0.29) is 11.9 Å². The number of rotatable bonds is 7. The molecule has 0 spiro atoms. The van der Waals surface area contributed by atoms with Crippen molar-refractivity contribution >= 4 is 5.91 Å². The average molecular weight is 198 g/mol. The smallest absolute Gasteiger partial charge is 0.237 e. The van der Waals surface area contributed by atoms with Crippen LogP contribution >= 0.6 is 0 Å². The van der Waals surface area contributed by atoms with Crippen molar-refractivity contribution in [2.45, 2.75) is 51.6 Å². The van der Waals surface area contributed by atoms with Crippen LogP contribution in [0, 0.1) is 0 Å². The Morgan fingerprint density at radius 2 is 2.21 bits per heavy atom. The number of nitrogens with one attached hydrogen (secondary N) is 1. The zero-order valence-electron chi connectivity index (χ0n) is 9.25. The summed E-state index contributed by atoms with van der Waals surface area (Å²) in [5.74, 6) is -0.0646. The van der Waals surface area contributed by atoms with Gasteiger partial charge < -0.3 is 11.1 Å². The van der Waals surface area contributed by atoms with E-state index in [4.69, 9.17) is 5.73 Å². The third-order valence-electron chi connectivity index (χ3n) is 2.23. The van der Waals surface area contributed by atoms with Crippen molar-refractivity contribution in [3.05, 3.63) is 12.7 Å². The molecule has 0 aliphatic rings. The largest absolute Gasteiger partial charge is 0.352 e. The highest BCUT2D eigenvalue weighted by Crippen LogP contribution is 2.01. The summed E-state index contributed by atoms with van der Waals surface area (Å²) < 4.78 is 0. The minimum absolute atomic E-state index is 0.0646. The fourth-order valence-corrected chi connectivity index (χ4v) is 1.32. The number of carbonyl (C=O) groups excluding carboxylic acids is 1. The Balaban J connectivity index is 3.94. The van der Waals surface area contributed by atoms with Crippen molar-refractivity contribution in [1.29, 1.82) is 0 Å². The van der Waals surface area contributed by atoms with Crippen molar-refractivity contribution in [3.63, 3.8) is 0 Å². The molecule has 3 nitrogen and oxygen atoms in total. The van der Waals surface area contributed by atoms with Crippen molar-refractivity contribution in [2.24, 2.45) is 5.73 Å². The summed E-state index contributed by atoms with van der Waals surface area (Å²) in [6, 6.07) is -0.179. The summed E-state index contributed by atoms with van der Waals surface area (Å²) in [7, 11) is 0. The van der Waals surface area contributed by atoms with Crippen LogP contribution in [0.1, 0.15) is 39.5 Å². The van der Waals surface area contributed by atoms with Crippen LogP contribution in [0.4, 0.5) is 0 Å². The van der Waals surface area contributed by atoms with Crippen LogP contribution in [0.15, 0.2) is 12.7 Å². The molecule has 0 aromatic carbocycles. The lowest BCUT2D eigenvalue weighted by atomic mass is 10.1. The summed E-state index contributed by atoms with van der Waals surface area (Å²) >= 11 is 0. The van der Waals surface area contributed by atoms with E-state index < -0.39 is 6.04 Å². The Morgan fingerprint density at radius 3 is 2.64 bits per heavy atom. The van der Waals surface area contributed by atoms with E-state index in [2.05, 4.69) is 25.7 Å². The van der Waals surface area contributed by atoms with Gasteiger partial charge in [0.1, 0.15) is 0 Å². The van der Waals surface area contributed by atoms with Gasteiger partial charge in [0.25, 0.3) is 0 Å². The highest BCUT2D eigenvalue weighted by Gasteiger charge is 2.14. The van der Waals surface area contributed by atoms with E-state index in [1.807, 2.05) is 0 Å². The molecule has 1 amide bonds. The second-order valence-corrected chi connectivity index (χ2v) is 3.53. The van der Waals surface area contributed by atoms with E-state index in [1.54, 1.807) is 6.08 Å². The average Bonchev–Trinajstić information content (AvgIpc) is 2.17. The first-order chi connectivity index (χ1) is 6.65. The highest BCUT2D eigenvalue weighted by atomic mass is 16.2. The molecule has 14 heavy (non-hydrogen) atoms. The van der Waals surface area contributed by atoms with Gasteiger partial charge in [-0.1, -0.05) is 26.3 Å². The van der Waals surface area contributed by atoms with Crippen molar-refractivity contribution in [2.75, 3.05) is 0 Å². The molecule has 0 aliphatic carbocycles. The Bertz CT molecular complexity index is 180. The zero-order valence-corrected chi connectivity index (χ0v) is 9.25. The molecule has 0 rings (SSSR count). The fourth-order valence-electron chi connectivity index (χ4n) is 1.32. The molecular formula is C11H22N2O. The minimum Gasteiger partial charge on any atom is -0.352 e. The van der Waals surface area contributed by atoms with E-state index in [0.717, 1.165) is 19.3 Å². The van der Waals surface area contributed by atoms with Gasteiger partial charge in [-0.2, -0.15) is 0 Å². The van der Waals surface area contributed by atoms with Gasteiger partial charge in [0.05, 0.1) is 6.04 Å². The van der Waals surface area contributed by atoms with Gasteiger partial charge in [0.15, 0.2) is 0 Å². The van der Waals surface area contributed by atoms with E-state index in [1.165, 1.54) is 0 Å². The molecule has 3 heteroatoms. The second kappa shape index (κ2) is 7.56. The molecule has 0 heterocycles. The molecule has 0 aliphatic heterocycles. The SMILES string of the molecule is C=CCC(N)C(=O)NC(CC)CCC. The topological polar surface area (TPSA) is 55.1 Å². The number of nitrogens with two attached hydrogens (primary N) is 1. The number of hydrogen-bond acceptors (Lipinski definition) is 2. The molecule has 0 aromatic heterocycles. The van der Waals surface area contributed by atoms with Crippen LogP contribution in [0.2, 0.25) is 0 Å². The fraction of sp³-hybridized carbons (Fsp3) is 0.727. The molecule has 3 N–H and O–H groups in total. The zero-order chi connectivity index (χ0) is 11.0. The quantitative estimate of drug-likeness (QED) is 0.610. The minimum atomic E-state index is -0.446. The molecule has 82 valence electrons. The van der Waals surface area contributed by atoms with Gasteiger partial charge in [-0.3, -0.25) is 4.79 Å². The molecular weight excluding hydrogens is 176 g/mol. The van der Waals surface area contributed by atoms with Gasteiger partial charge in [0, 0.05) is 6.04 Å². The Kier molecular flexibility index (Phi) is 7.11. The Hall–Kier alpha value is -0.830. The van der Waals surface area contributed by atoms with Crippen molar-refractivity contribution in [1.82, 2.24) is 5.32 Å². The summed E-state index contributed by atoms with van der Waals surface area (Å²) in [6.45, 7) is 7.74. The van der Waals surface area contributed by atoms with Crippen LogP contribution in [0.3, 0.4) is 0 Å². The van der Waals surface area contributed by atoms with E-state index in [0.29, 0.717) is 6.42 Å². The summed E-state index contributed by atoms with van der Waals surface area (Å²) in [5, 5.41) is 2.94. The molecule has 0 saturated heterocycles. The number of hydrogen-bond donors (Lipinski definition) is 2. The lowest BCUT2D eigenvalue weighted by Crippen LogP contribution is -2.44. The Morgan fingerprint density at radius 1 is 1.57 bits per heavy atom. The van der Waals surface area contributed by atoms with Crippen LogP contribution in [0.25, 0.3) is 0 Å². The maximum Gasteiger partial charge on any atom is 0.237 e. The van der Waals surface area contributed by atoms with E-state index in [9.17, 15) is 4.79 Å². The normalized spacial score (nSPS) is 14.5. The van der Waals surface area contributed by atoms with Crippen LogP contribution in [0.5, 0.6) is 0 Å². The highest BCUT2D eigenvalue weighted by molar-refractivity contribution is 5.81. The van der Waals surface area contributed by atoms with Crippen LogP contribution in [-0.2, 0) is 4.79 Å². The van der Waals surface area contributed by atoms with Gasteiger partial charge >= 0.3 is 0 Å². The summed E-state index contributed by atoms with van der Waals surface area (Å²) in [4.78, 5) is 11.5. The van der Waals surface area contributed by atoms with E-state index >= 15 is 0 Å². The Labute approximate surface area is 86.8 Å². The predicted octanol–water partition coefficient (Wildman–Crippen LogP) is 1.58. The number of amides is 1. The molecule has 0 saturated carbocycles. The molecule has 2 unspecified atom stereocenters. The van der Waals surface area contributed by atoms with Gasteiger partial charge in [-0.05, 0) is 19.3 Å². The predicted molar refractivity (Wildman–Crippen MR) is 59.9 cm³/mol. The monoisotopic (exact) mass is 198 g/mol. The first-order valence-corrected chi connectivity index (χ1v) is 5.32. The lowest BCUT2D eigenvalue weighted by molar-refractivity contribution is -0.123. The molecule has 0 bridgehead atoms. The van der Waals surface area contributed by atoms with Gasteiger partial charge in [-0.25, -0.2) is 0 Å². The second-order valence-electron chi connectivity index (χ2n) is 3.53. The molecule has 0 radical (unpaired) electrons. The third kappa shape index (κ3) is 5.02. The summed E-state index contributed by atoms with van der Waals surface area (Å²) in [5.41, 5.74) is 5.64. The first kappa shape index (κ1) is 13.2. The standard InChI is InChI=1S/C11H22N2O/c1-4-7-9(6-3)13-11(14)10(12)8-5-2/h5,9-10H,2,4,6-8,12H2,1,3H3,(H,13,14). The maximum atomic E-state index is 11.5. The summed E-state index contributed by atoms with van der Waals surface area (Å²) in [6.07, 6.45) is 5.26. The van der Waals surface area contributed by atoms with Crippen LogP contribution < -0.4 is 11.1 Å². The first-order valence-electron chi connectivity index (χ1n) is 5.32. The van der Waals surface area contributed by atoms with Gasteiger partial charge in [0.2, 0.25) is 5.91 Å². The lowest BCUT2D eigenvalue weighted by Gasteiger charge is -2.18. The third-order valence-corrected chi connectivity index (χ3v) is 2.23. The molecule has 0 fully saturated rings.